The molecular weight excluding hydrogens is 228 g/mol. The van der Waals surface area contributed by atoms with E-state index in [0.717, 1.165) is 19.5 Å². The predicted octanol–water partition coefficient (Wildman–Crippen LogP) is 2.39. The summed E-state index contributed by atoms with van der Waals surface area (Å²) < 4.78 is 5.47. The van der Waals surface area contributed by atoms with Crippen LogP contribution in [0.25, 0.3) is 0 Å². The molecule has 2 rings (SSSR count). The average Bonchev–Trinajstić information content (AvgIpc) is 2.23. The molecular formula is C14H26N2O2. The van der Waals surface area contributed by atoms with Crippen LogP contribution >= 0.6 is 0 Å². The zero-order valence-corrected chi connectivity index (χ0v) is 12.1. The molecule has 1 saturated heterocycles. The van der Waals surface area contributed by atoms with Crippen LogP contribution < -0.4 is 5.32 Å². The van der Waals surface area contributed by atoms with Crippen LogP contribution in [0.4, 0.5) is 4.79 Å². The van der Waals surface area contributed by atoms with Gasteiger partial charge in [-0.25, -0.2) is 4.79 Å². The van der Waals surface area contributed by atoms with Gasteiger partial charge in [0.05, 0.1) is 0 Å². The first-order valence-corrected chi connectivity index (χ1v) is 7.01. The molecule has 1 heterocycles. The van der Waals surface area contributed by atoms with Gasteiger partial charge in [-0.1, -0.05) is 6.42 Å². The maximum absolute atomic E-state index is 12.1. The largest absolute Gasteiger partial charge is 0.444 e. The normalized spacial score (nSPS) is 26.9. The highest BCUT2D eigenvalue weighted by atomic mass is 16.6. The molecule has 1 unspecified atom stereocenters. The van der Waals surface area contributed by atoms with Gasteiger partial charge in [-0.3, -0.25) is 0 Å². The van der Waals surface area contributed by atoms with Crippen LogP contribution in [0.2, 0.25) is 0 Å². The van der Waals surface area contributed by atoms with Crippen LogP contribution in [0.1, 0.15) is 46.5 Å². The lowest BCUT2D eigenvalue weighted by molar-refractivity contribution is -0.0309. The number of piperidine rings is 1. The number of nitrogens with one attached hydrogen (secondary N) is 1. The molecule has 1 N–H and O–H groups in total. The second-order valence-corrected chi connectivity index (χ2v) is 6.75. The molecule has 1 saturated carbocycles. The van der Waals surface area contributed by atoms with Gasteiger partial charge in [-0.05, 0) is 47.1 Å². The lowest BCUT2D eigenvalue weighted by Crippen LogP contribution is -2.60. The third-order valence-electron chi connectivity index (χ3n) is 4.28. The van der Waals surface area contributed by atoms with E-state index in [0.29, 0.717) is 11.5 Å². The van der Waals surface area contributed by atoms with Gasteiger partial charge < -0.3 is 15.0 Å². The smallest absolute Gasteiger partial charge is 0.410 e. The Morgan fingerprint density at radius 2 is 2.06 bits per heavy atom. The van der Waals surface area contributed by atoms with Crippen molar-refractivity contribution in [3.05, 3.63) is 0 Å². The van der Waals surface area contributed by atoms with Gasteiger partial charge in [-0.15, -0.1) is 0 Å². The molecule has 1 spiro atoms. The molecule has 1 aliphatic carbocycles. The van der Waals surface area contributed by atoms with Crippen molar-refractivity contribution in [3.8, 4) is 0 Å². The topological polar surface area (TPSA) is 41.6 Å². The molecule has 4 heteroatoms. The molecule has 18 heavy (non-hydrogen) atoms. The lowest BCUT2D eigenvalue weighted by atomic mass is 9.61. The highest BCUT2D eigenvalue weighted by Crippen LogP contribution is 2.47. The monoisotopic (exact) mass is 254 g/mol. The van der Waals surface area contributed by atoms with Crippen LogP contribution in [0.15, 0.2) is 0 Å². The Balaban J connectivity index is 1.98. The summed E-state index contributed by atoms with van der Waals surface area (Å²) in [4.78, 5) is 14.0. The van der Waals surface area contributed by atoms with Gasteiger partial charge in [0.1, 0.15) is 5.60 Å². The van der Waals surface area contributed by atoms with Crippen LogP contribution in [0, 0.1) is 5.41 Å². The van der Waals surface area contributed by atoms with E-state index in [-0.39, 0.29) is 6.09 Å². The standard InChI is InChI=1S/C14H26N2O2/c1-13(2,3)18-12(17)16-9-6-11(15-4)14(10-16)7-5-8-14/h11,15H,5-10H2,1-4H3. The molecule has 2 aliphatic rings. The number of nitrogens with zero attached hydrogens (tertiary/aromatic N) is 1. The number of carbonyl (C=O) groups is 1. The van der Waals surface area contributed by atoms with E-state index >= 15 is 0 Å². The van der Waals surface area contributed by atoms with Crippen LogP contribution in [-0.2, 0) is 4.74 Å². The summed E-state index contributed by atoms with van der Waals surface area (Å²) in [6.45, 7) is 7.43. The van der Waals surface area contributed by atoms with E-state index in [4.69, 9.17) is 4.74 Å². The van der Waals surface area contributed by atoms with Gasteiger partial charge >= 0.3 is 6.09 Å². The summed E-state index contributed by atoms with van der Waals surface area (Å²) in [6, 6.07) is 0.560. The first-order chi connectivity index (χ1) is 8.36. The lowest BCUT2D eigenvalue weighted by Gasteiger charge is -2.53. The molecule has 2 fully saturated rings. The molecule has 0 aromatic carbocycles. The first-order valence-electron chi connectivity index (χ1n) is 7.01. The molecule has 104 valence electrons. The molecule has 1 amide bonds. The summed E-state index contributed by atoms with van der Waals surface area (Å²) in [5, 5.41) is 3.43. The average molecular weight is 254 g/mol. The third kappa shape index (κ3) is 2.63. The fourth-order valence-electron chi connectivity index (χ4n) is 3.23. The number of amides is 1. The van der Waals surface area contributed by atoms with E-state index < -0.39 is 5.60 Å². The van der Waals surface area contributed by atoms with E-state index in [1.807, 2.05) is 32.7 Å². The van der Waals surface area contributed by atoms with Gasteiger partial charge in [0.25, 0.3) is 0 Å². The van der Waals surface area contributed by atoms with E-state index in [1.165, 1.54) is 19.3 Å². The number of hydrogen-bond donors (Lipinski definition) is 1. The predicted molar refractivity (Wildman–Crippen MR) is 71.6 cm³/mol. The van der Waals surface area contributed by atoms with Crippen LogP contribution in [0.3, 0.4) is 0 Å². The molecule has 1 aliphatic heterocycles. The van der Waals surface area contributed by atoms with Gasteiger partial charge in [0.15, 0.2) is 0 Å². The number of likely N-dealkylation sites (tertiary alicyclic amines) is 1. The Morgan fingerprint density at radius 1 is 1.39 bits per heavy atom. The second-order valence-electron chi connectivity index (χ2n) is 6.75. The highest BCUT2D eigenvalue weighted by Gasteiger charge is 2.48. The fraction of sp³-hybridized carbons (Fsp3) is 0.929. The van der Waals surface area contributed by atoms with Gasteiger partial charge in [0, 0.05) is 24.5 Å². The van der Waals surface area contributed by atoms with E-state index in [1.54, 1.807) is 0 Å². The Bertz CT molecular complexity index is 318. The highest BCUT2D eigenvalue weighted by molar-refractivity contribution is 5.68. The van der Waals surface area contributed by atoms with Crippen molar-refractivity contribution < 1.29 is 9.53 Å². The van der Waals surface area contributed by atoms with Gasteiger partial charge in [-0.2, -0.15) is 0 Å². The zero-order valence-electron chi connectivity index (χ0n) is 12.1. The fourth-order valence-corrected chi connectivity index (χ4v) is 3.23. The minimum absolute atomic E-state index is 0.150. The maximum atomic E-state index is 12.1. The quantitative estimate of drug-likeness (QED) is 0.781. The first kappa shape index (κ1) is 13.7. The van der Waals surface area contributed by atoms with Crippen LogP contribution in [0.5, 0.6) is 0 Å². The van der Waals surface area contributed by atoms with Gasteiger partial charge in [0.2, 0.25) is 0 Å². The van der Waals surface area contributed by atoms with Crippen molar-refractivity contribution >= 4 is 6.09 Å². The minimum Gasteiger partial charge on any atom is -0.444 e. The van der Waals surface area contributed by atoms with Crippen LogP contribution in [-0.4, -0.2) is 42.8 Å². The molecule has 0 radical (unpaired) electrons. The Labute approximate surface area is 110 Å². The summed E-state index contributed by atoms with van der Waals surface area (Å²) in [6.07, 6.45) is 4.65. The second kappa shape index (κ2) is 4.72. The van der Waals surface area contributed by atoms with Crippen molar-refractivity contribution in [2.75, 3.05) is 20.1 Å². The van der Waals surface area contributed by atoms with Crippen molar-refractivity contribution in [3.63, 3.8) is 0 Å². The zero-order chi connectivity index (χ0) is 13.4. The van der Waals surface area contributed by atoms with Crippen molar-refractivity contribution in [1.82, 2.24) is 10.2 Å². The maximum Gasteiger partial charge on any atom is 0.410 e. The van der Waals surface area contributed by atoms with E-state index in [2.05, 4.69) is 5.32 Å². The third-order valence-corrected chi connectivity index (χ3v) is 4.28. The summed E-state index contributed by atoms with van der Waals surface area (Å²) in [5.41, 5.74) is -0.0897. The Morgan fingerprint density at radius 3 is 2.50 bits per heavy atom. The number of ether oxygens (including phenoxy) is 1. The molecule has 0 bridgehead atoms. The molecule has 4 nitrogen and oxygen atoms in total. The number of hydrogen-bond acceptors (Lipinski definition) is 3. The number of rotatable bonds is 1. The SMILES string of the molecule is CNC1CCN(C(=O)OC(C)(C)C)CC12CCC2. The minimum atomic E-state index is -0.399. The summed E-state index contributed by atoms with van der Waals surface area (Å²) in [5.74, 6) is 0. The number of carbonyl (C=O) groups excluding carboxylic acids is 1. The summed E-state index contributed by atoms with van der Waals surface area (Å²) >= 11 is 0. The Hall–Kier alpha value is -0.770. The van der Waals surface area contributed by atoms with E-state index in [9.17, 15) is 4.79 Å². The molecule has 0 aromatic heterocycles. The molecule has 1 atom stereocenters. The molecule has 0 aromatic rings. The Kier molecular flexibility index (Phi) is 3.58. The van der Waals surface area contributed by atoms with Crippen molar-refractivity contribution in [1.29, 1.82) is 0 Å². The summed E-state index contributed by atoms with van der Waals surface area (Å²) in [7, 11) is 2.04. The van der Waals surface area contributed by atoms with Crippen molar-refractivity contribution in [2.45, 2.75) is 58.1 Å². The van der Waals surface area contributed by atoms with Crippen molar-refractivity contribution in [2.24, 2.45) is 5.41 Å².